The summed E-state index contributed by atoms with van der Waals surface area (Å²) in [6, 6.07) is 17.7. The molecule has 4 rings (SSSR count). The second kappa shape index (κ2) is 8.41. The molecule has 27 heavy (non-hydrogen) atoms. The van der Waals surface area contributed by atoms with E-state index in [1.807, 2.05) is 12.1 Å². The summed E-state index contributed by atoms with van der Waals surface area (Å²) in [6.45, 7) is 0. The van der Waals surface area contributed by atoms with E-state index in [0.29, 0.717) is 11.1 Å². The molecule has 2 aromatic carbocycles. The van der Waals surface area contributed by atoms with Gasteiger partial charge >= 0.3 is 11.9 Å². The molecule has 2 aromatic heterocycles. The normalized spacial score (nSPS) is 9.78. The van der Waals surface area contributed by atoms with Crippen LogP contribution in [0.3, 0.4) is 0 Å². The summed E-state index contributed by atoms with van der Waals surface area (Å²) >= 11 is 0. The first-order chi connectivity index (χ1) is 12.6. The molecule has 0 aliphatic carbocycles. The molecule has 0 atom stereocenters. The van der Waals surface area contributed by atoms with Gasteiger partial charge in [0, 0.05) is 0 Å². The Balaban J connectivity index is 0.000000187. The number of H-pyrrole nitrogens is 2. The maximum atomic E-state index is 11.1. The Morgan fingerprint density at radius 1 is 0.630 bits per heavy atom. The van der Waals surface area contributed by atoms with Crippen molar-refractivity contribution in [3.05, 3.63) is 81.4 Å². The first-order valence-corrected chi connectivity index (χ1v) is 7.49. The van der Waals surface area contributed by atoms with Crippen LogP contribution in [-0.4, -0.2) is 26.0 Å². The van der Waals surface area contributed by atoms with E-state index in [1.165, 1.54) is 0 Å². The van der Waals surface area contributed by atoms with Crippen molar-refractivity contribution in [1.82, 2.24) is 10.3 Å². The Bertz CT molecular complexity index is 1000. The smallest absolute Gasteiger partial charge is 0.317 e. The quantitative estimate of drug-likeness (QED) is 0.419. The molecule has 0 radical (unpaired) electrons. The minimum atomic E-state index is -0.427. The molecule has 0 spiro atoms. The van der Waals surface area contributed by atoms with Crippen molar-refractivity contribution in [2.75, 3.05) is 0 Å². The fourth-order valence-corrected chi connectivity index (χ4v) is 2.31. The lowest BCUT2D eigenvalue weighted by Crippen LogP contribution is -2.00. The zero-order valence-electron chi connectivity index (χ0n) is 13.8. The van der Waals surface area contributed by atoms with E-state index in [-0.39, 0.29) is 28.5 Å². The molecular weight excluding hydrogens is 356 g/mol. The summed E-state index contributed by atoms with van der Waals surface area (Å²) in [5.41, 5.74) is 0.749. The highest BCUT2D eigenvalue weighted by atomic mass is 16.6. The van der Waals surface area contributed by atoms with Crippen molar-refractivity contribution in [2.45, 2.75) is 0 Å². The predicted octanol–water partition coefficient (Wildman–Crippen LogP) is 1.86. The zero-order chi connectivity index (χ0) is 18.5. The fraction of sp³-hybridized carbons (Fsp3) is 0. The van der Waals surface area contributed by atoms with E-state index in [0.717, 1.165) is 0 Å². The van der Waals surface area contributed by atoms with Gasteiger partial charge in [-0.2, -0.15) is 10.3 Å². The Morgan fingerprint density at radius 3 is 1.22 bits per heavy atom. The molecule has 0 aliphatic rings. The number of aromatic nitrogens is 2. The lowest BCUT2D eigenvalue weighted by Gasteiger charge is -1.93. The van der Waals surface area contributed by atoms with Crippen LogP contribution in [0.2, 0.25) is 0 Å². The van der Waals surface area contributed by atoms with Gasteiger partial charge in [0.25, 0.3) is 11.1 Å². The van der Waals surface area contributed by atoms with Gasteiger partial charge in [0.15, 0.2) is 0 Å². The highest BCUT2D eigenvalue weighted by Crippen LogP contribution is 2.24. The van der Waals surface area contributed by atoms with Crippen molar-refractivity contribution in [3.8, 4) is 34.1 Å². The van der Waals surface area contributed by atoms with Crippen LogP contribution in [-0.2, 0) is 0 Å². The van der Waals surface area contributed by atoms with Crippen LogP contribution in [0, 0.1) is 0 Å². The van der Waals surface area contributed by atoms with E-state index in [1.54, 1.807) is 48.5 Å². The Kier molecular flexibility index (Phi) is 6.02. The molecule has 6 N–H and O–H groups in total. The molecule has 4 aromatic rings. The SMILES string of the molecule is O.O=c1[nH]oc(O)c1-c1ccccc1.O=c1[nH]oc(O)c1-c1ccccc1. The maximum Gasteiger partial charge on any atom is 0.317 e. The van der Waals surface area contributed by atoms with Crippen molar-refractivity contribution in [3.63, 3.8) is 0 Å². The number of hydrogen-bond acceptors (Lipinski definition) is 6. The van der Waals surface area contributed by atoms with Gasteiger partial charge in [0.05, 0.1) is 0 Å². The first-order valence-electron chi connectivity index (χ1n) is 7.49. The average molecular weight is 372 g/mol. The van der Waals surface area contributed by atoms with Crippen LogP contribution in [0.5, 0.6) is 11.9 Å². The summed E-state index contributed by atoms with van der Waals surface area (Å²) in [7, 11) is 0. The maximum absolute atomic E-state index is 11.1. The number of nitrogens with one attached hydrogen (secondary N) is 2. The zero-order valence-corrected chi connectivity index (χ0v) is 13.8. The van der Waals surface area contributed by atoms with Gasteiger partial charge in [0.1, 0.15) is 11.1 Å². The van der Waals surface area contributed by atoms with Crippen LogP contribution < -0.4 is 11.1 Å². The van der Waals surface area contributed by atoms with E-state index < -0.39 is 11.1 Å². The lowest BCUT2D eigenvalue weighted by molar-refractivity contribution is 0.277. The Morgan fingerprint density at radius 2 is 0.963 bits per heavy atom. The molecule has 9 heteroatoms. The van der Waals surface area contributed by atoms with Crippen molar-refractivity contribution >= 4 is 0 Å². The number of rotatable bonds is 2. The molecule has 0 aliphatic heterocycles. The third-order valence-electron chi connectivity index (χ3n) is 3.49. The minimum Gasteiger partial charge on any atom is -0.479 e. The van der Waals surface area contributed by atoms with E-state index >= 15 is 0 Å². The third-order valence-corrected chi connectivity index (χ3v) is 3.49. The van der Waals surface area contributed by atoms with E-state index in [4.69, 9.17) is 0 Å². The highest BCUT2D eigenvalue weighted by molar-refractivity contribution is 5.66. The third kappa shape index (κ3) is 4.17. The second-order valence-electron chi connectivity index (χ2n) is 5.16. The van der Waals surface area contributed by atoms with Gasteiger partial charge in [0.2, 0.25) is 0 Å². The first kappa shape index (κ1) is 19.3. The minimum absolute atomic E-state index is 0. The fourth-order valence-electron chi connectivity index (χ4n) is 2.31. The average Bonchev–Trinajstić information content (AvgIpc) is 3.18. The molecule has 0 saturated heterocycles. The lowest BCUT2D eigenvalue weighted by atomic mass is 10.1. The van der Waals surface area contributed by atoms with Crippen LogP contribution in [0.4, 0.5) is 0 Å². The summed E-state index contributed by atoms with van der Waals surface area (Å²) in [6.07, 6.45) is 0. The monoisotopic (exact) mass is 372 g/mol. The summed E-state index contributed by atoms with van der Waals surface area (Å²) in [5, 5.41) is 22.5. The number of benzene rings is 2. The van der Waals surface area contributed by atoms with Crippen molar-refractivity contribution < 1.29 is 24.7 Å². The van der Waals surface area contributed by atoms with Gasteiger partial charge in [-0.15, -0.1) is 0 Å². The Labute approximate surface area is 151 Å². The Hall–Kier alpha value is -3.98. The summed E-state index contributed by atoms with van der Waals surface area (Å²) in [4.78, 5) is 22.3. The van der Waals surface area contributed by atoms with E-state index in [2.05, 4.69) is 19.4 Å². The van der Waals surface area contributed by atoms with Crippen LogP contribution in [0.25, 0.3) is 22.3 Å². The molecular formula is C18H16N2O7. The number of aromatic amines is 2. The van der Waals surface area contributed by atoms with Gasteiger partial charge in [-0.25, -0.2) is 0 Å². The summed E-state index contributed by atoms with van der Waals surface area (Å²) in [5.74, 6) is -0.757. The second-order valence-corrected chi connectivity index (χ2v) is 5.16. The molecule has 140 valence electrons. The van der Waals surface area contributed by atoms with Crippen LogP contribution in [0.1, 0.15) is 0 Å². The number of aromatic hydroxyl groups is 2. The molecule has 0 bridgehead atoms. The van der Waals surface area contributed by atoms with E-state index in [9.17, 15) is 19.8 Å². The molecule has 9 nitrogen and oxygen atoms in total. The van der Waals surface area contributed by atoms with Gasteiger partial charge < -0.3 is 24.7 Å². The van der Waals surface area contributed by atoms with Crippen molar-refractivity contribution in [1.29, 1.82) is 0 Å². The molecule has 0 unspecified atom stereocenters. The standard InChI is InChI=1S/2C9H7NO3.H2O/c2*11-8-7(9(12)13-10-8)6-4-2-1-3-5-6;/h2*1-5,12H,(H,10,11);1H2. The van der Waals surface area contributed by atoms with Crippen molar-refractivity contribution in [2.24, 2.45) is 0 Å². The highest BCUT2D eigenvalue weighted by Gasteiger charge is 2.13. The molecule has 0 amide bonds. The van der Waals surface area contributed by atoms with Crippen LogP contribution >= 0.6 is 0 Å². The van der Waals surface area contributed by atoms with Crippen LogP contribution in [0.15, 0.2) is 79.3 Å². The molecule has 0 saturated carbocycles. The largest absolute Gasteiger partial charge is 0.479 e. The summed E-state index contributed by atoms with van der Waals surface area (Å²) < 4.78 is 8.94. The number of hydrogen-bond donors (Lipinski definition) is 4. The predicted molar refractivity (Wildman–Crippen MR) is 96.5 cm³/mol. The molecule has 0 fully saturated rings. The molecule has 2 heterocycles. The van der Waals surface area contributed by atoms with Gasteiger partial charge in [-0.1, -0.05) is 60.7 Å². The van der Waals surface area contributed by atoms with Gasteiger partial charge in [-0.05, 0) is 11.1 Å². The topological polar surface area (TPSA) is 164 Å². The van der Waals surface area contributed by atoms with Gasteiger partial charge in [-0.3, -0.25) is 9.59 Å².